The third kappa shape index (κ3) is 6.46. The van der Waals surface area contributed by atoms with Crippen LogP contribution in [-0.2, 0) is 17.9 Å². The highest BCUT2D eigenvalue weighted by Gasteiger charge is 2.05. The maximum Gasteiger partial charge on any atom is 0.239 e. The average molecular weight is 360 g/mol. The lowest BCUT2D eigenvalue weighted by Gasteiger charge is -2.11. The van der Waals surface area contributed by atoms with E-state index in [1.807, 2.05) is 24.3 Å². The van der Waals surface area contributed by atoms with Crippen molar-refractivity contribution in [1.82, 2.24) is 16.0 Å². The standard InChI is InChI=1S/C18H24N4O2S/c1-13-4-9-16(25-13)11-21-18(19-2)22-12-17(23)20-10-14-5-7-15(24-3)8-6-14/h4-9H,10-12H2,1-3H3,(H,20,23)(H2,19,21,22). The highest BCUT2D eigenvalue weighted by molar-refractivity contribution is 7.11. The minimum Gasteiger partial charge on any atom is -0.497 e. The summed E-state index contributed by atoms with van der Waals surface area (Å²) in [6.45, 7) is 3.41. The molecule has 0 spiro atoms. The zero-order valence-electron chi connectivity index (χ0n) is 14.8. The first-order valence-electron chi connectivity index (χ1n) is 8.00. The minimum absolute atomic E-state index is 0.0919. The number of guanidine groups is 1. The van der Waals surface area contributed by atoms with Gasteiger partial charge in [0.1, 0.15) is 5.75 Å². The normalized spacial score (nSPS) is 11.1. The Balaban J connectivity index is 1.70. The van der Waals surface area contributed by atoms with E-state index in [-0.39, 0.29) is 12.5 Å². The fourth-order valence-corrected chi connectivity index (χ4v) is 2.97. The second-order valence-corrected chi connectivity index (χ2v) is 6.79. The van der Waals surface area contributed by atoms with Crippen molar-refractivity contribution in [3.63, 3.8) is 0 Å². The van der Waals surface area contributed by atoms with Gasteiger partial charge in [0.25, 0.3) is 0 Å². The van der Waals surface area contributed by atoms with Crippen LogP contribution in [0.1, 0.15) is 15.3 Å². The molecule has 0 saturated carbocycles. The molecule has 0 aliphatic rings. The molecular formula is C18H24N4O2S. The number of benzene rings is 1. The van der Waals surface area contributed by atoms with Crippen molar-refractivity contribution in [3.05, 3.63) is 51.7 Å². The van der Waals surface area contributed by atoms with Crippen LogP contribution in [0.4, 0.5) is 0 Å². The van der Waals surface area contributed by atoms with Gasteiger partial charge in [-0.3, -0.25) is 9.79 Å². The molecule has 0 atom stereocenters. The molecule has 25 heavy (non-hydrogen) atoms. The molecule has 0 radical (unpaired) electrons. The quantitative estimate of drug-likeness (QED) is 0.522. The smallest absolute Gasteiger partial charge is 0.239 e. The van der Waals surface area contributed by atoms with E-state index >= 15 is 0 Å². The molecule has 1 heterocycles. The number of rotatable bonds is 7. The van der Waals surface area contributed by atoms with Crippen LogP contribution in [0.3, 0.4) is 0 Å². The number of aryl methyl sites for hydroxylation is 1. The summed E-state index contributed by atoms with van der Waals surface area (Å²) in [6, 6.07) is 11.8. The van der Waals surface area contributed by atoms with Crippen molar-refractivity contribution in [2.24, 2.45) is 4.99 Å². The molecule has 2 aromatic rings. The van der Waals surface area contributed by atoms with E-state index in [0.717, 1.165) is 11.3 Å². The molecule has 2 rings (SSSR count). The largest absolute Gasteiger partial charge is 0.497 e. The second kappa shape index (κ2) is 9.68. The van der Waals surface area contributed by atoms with Gasteiger partial charge < -0.3 is 20.7 Å². The highest BCUT2D eigenvalue weighted by atomic mass is 32.1. The molecule has 6 nitrogen and oxygen atoms in total. The Morgan fingerprint density at radius 2 is 1.84 bits per heavy atom. The molecule has 1 aromatic carbocycles. The topological polar surface area (TPSA) is 74.8 Å². The molecular weight excluding hydrogens is 336 g/mol. The fraction of sp³-hybridized carbons (Fsp3) is 0.333. The number of aliphatic imine (C=N–C) groups is 1. The van der Waals surface area contributed by atoms with E-state index in [1.165, 1.54) is 9.75 Å². The molecule has 0 unspecified atom stereocenters. The van der Waals surface area contributed by atoms with Crippen LogP contribution in [-0.4, -0.2) is 32.6 Å². The van der Waals surface area contributed by atoms with E-state index < -0.39 is 0 Å². The Kier molecular flexibility index (Phi) is 7.28. The van der Waals surface area contributed by atoms with Crippen molar-refractivity contribution >= 4 is 23.2 Å². The van der Waals surface area contributed by atoms with Crippen molar-refractivity contribution < 1.29 is 9.53 Å². The van der Waals surface area contributed by atoms with Crippen LogP contribution in [0.15, 0.2) is 41.4 Å². The average Bonchev–Trinajstić information content (AvgIpc) is 3.05. The predicted octanol–water partition coefficient (Wildman–Crippen LogP) is 2.05. The van der Waals surface area contributed by atoms with Gasteiger partial charge in [0.2, 0.25) is 5.91 Å². The Labute approximate surface area is 152 Å². The van der Waals surface area contributed by atoms with E-state index in [9.17, 15) is 4.79 Å². The summed E-state index contributed by atoms with van der Waals surface area (Å²) in [7, 11) is 3.31. The SMILES string of the molecule is CN=C(NCC(=O)NCc1ccc(OC)cc1)NCc1ccc(C)s1. The van der Waals surface area contributed by atoms with Crippen LogP contribution in [0.5, 0.6) is 5.75 Å². The lowest BCUT2D eigenvalue weighted by molar-refractivity contribution is -0.120. The van der Waals surface area contributed by atoms with Crippen LogP contribution >= 0.6 is 11.3 Å². The Morgan fingerprint density at radius 3 is 2.44 bits per heavy atom. The van der Waals surface area contributed by atoms with Crippen molar-refractivity contribution in [2.45, 2.75) is 20.0 Å². The van der Waals surface area contributed by atoms with Crippen molar-refractivity contribution in [1.29, 1.82) is 0 Å². The number of amides is 1. The molecule has 1 aromatic heterocycles. The number of thiophene rings is 1. The Bertz CT molecular complexity index is 710. The molecule has 7 heteroatoms. The molecule has 3 N–H and O–H groups in total. The zero-order valence-corrected chi connectivity index (χ0v) is 15.6. The summed E-state index contributed by atoms with van der Waals surface area (Å²) in [4.78, 5) is 18.6. The number of hydrogen-bond donors (Lipinski definition) is 3. The van der Waals surface area contributed by atoms with Crippen LogP contribution in [0, 0.1) is 6.92 Å². The first kappa shape index (κ1) is 18.8. The lowest BCUT2D eigenvalue weighted by atomic mass is 10.2. The van der Waals surface area contributed by atoms with Gasteiger partial charge in [-0.1, -0.05) is 12.1 Å². The number of carbonyl (C=O) groups is 1. The Morgan fingerprint density at radius 1 is 1.08 bits per heavy atom. The van der Waals surface area contributed by atoms with Gasteiger partial charge in [0.15, 0.2) is 5.96 Å². The van der Waals surface area contributed by atoms with Crippen LogP contribution in [0.2, 0.25) is 0 Å². The third-order valence-corrected chi connectivity index (χ3v) is 4.52. The molecule has 0 fully saturated rings. The fourth-order valence-electron chi connectivity index (χ4n) is 2.14. The summed E-state index contributed by atoms with van der Waals surface area (Å²) >= 11 is 1.74. The van der Waals surface area contributed by atoms with Gasteiger partial charge in [-0.2, -0.15) is 0 Å². The summed E-state index contributed by atoms with van der Waals surface area (Å²) in [5.74, 6) is 1.31. The number of ether oxygens (including phenoxy) is 1. The van der Waals surface area contributed by atoms with Gasteiger partial charge in [0.05, 0.1) is 20.2 Å². The van der Waals surface area contributed by atoms with Gasteiger partial charge in [0, 0.05) is 23.3 Å². The molecule has 0 bridgehead atoms. The van der Waals surface area contributed by atoms with Crippen molar-refractivity contribution in [2.75, 3.05) is 20.7 Å². The van der Waals surface area contributed by atoms with E-state index in [4.69, 9.17) is 4.74 Å². The van der Waals surface area contributed by atoms with Crippen molar-refractivity contribution in [3.8, 4) is 5.75 Å². The van der Waals surface area contributed by atoms with E-state index in [1.54, 1.807) is 25.5 Å². The van der Waals surface area contributed by atoms with Gasteiger partial charge in [-0.25, -0.2) is 0 Å². The first-order chi connectivity index (χ1) is 12.1. The van der Waals surface area contributed by atoms with Gasteiger partial charge in [-0.05, 0) is 36.8 Å². The molecule has 0 aliphatic heterocycles. The number of nitrogens with zero attached hydrogens (tertiary/aromatic N) is 1. The molecule has 0 aliphatic carbocycles. The lowest BCUT2D eigenvalue weighted by Crippen LogP contribution is -2.42. The zero-order chi connectivity index (χ0) is 18.1. The molecule has 134 valence electrons. The van der Waals surface area contributed by atoms with Crippen LogP contribution in [0.25, 0.3) is 0 Å². The molecule has 1 amide bonds. The highest BCUT2D eigenvalue weighted by Crippen LogP contribution is 2.14. The summed E-state index contributed by atoms with van der Waals surface area (Å²) in [6.07, 6.45) is 0. The summed E-state index contributed by atoms with van der Waals surface area (Å²) in [5, 5.41) is 9.08. The number of methoxy groups -OCH3 is 1. The summed E-state index contributed by atoms with van der Waals surface area (Å²) in [5.41, 5.74) is 1.02. The van der Waals surface area contributed by atoms with Crippen LogP contribution < -0.4 is 20.7 Å². The third-order valence-electron chi connectivity index (χ3n) is 3.51. The van der Waals surface area contributed by atoms with Gasteiger partial charge >= 0.3 is 0 Å². The number of carbonyl (C=O) groups excluding carboxylic acids is 1. The predicted molar refractivity (Wildman–Crippen MR) is 102 cm³/mol. The minimum atomic E-state index is -0.0919. The van der Waals surface area contributed by atoms with Gasteiger partial charge in [-0.15, -0.1) is 11.3 Å². The maximum atomic E-state index is 12.0. The monoisotopic (exact) mass is 360 g/mol. The first-order valence-corrected chi connectivity index (χ1v) is 8.82. The molecule has 0 saturated heterocycles. The Hall–Kier alpha value is -2.54. The van der Waals surface area contributed by atoms with E-state index in [2.05, 4.69) is 40.0 Å². The second-order valence-electron chi connectivity index (χ2n) is 5.42. The number of hydrogen-bond acceptors (Lipinski definition) is 4. The maximum absolute atomic E-state index is 12.0. The van der Waals surface area contributed by atoms with E-state index in [0.29, 0.717) is 19.0 Å². The summed E-state index contributed by atoms with van der Waals surface area (Å²) < 4.78 is 5.11. The number of nitrogens with one attached hydrogen (secondary N) is 3.